The molecule has 1 nitrogen and oxygen atoms in total. The zero-order chi connectivity index (χ0) is 11.4. The van der Waals surface area contributed by atoms with Gasteiger partial charge in [0.25, 0.3) is 0 Å². The summed E-state index contributed by atoms with van der Waals surface area (Å²) in [6.07, 6.45) is 0.323. The molecule has 0 radical (unpaired) electrons. The van der Waals surface area contributed by atoms with Gasteiger partial charge in [0.15, 0.2) is 0 Å². The Balaban J connectivity index is 2.85. The van der Waals surface area contributed by atoms with Crippen LogP contribution < -0.4 is 0 Å². The lowest BCUT2D eigenvalue weighted by Gasteiger charge is -2.11. The summed E-state index contributed by atoms with van der Waals surface area (Å²) in [6, 6.07) is 8.23. The number of hydrogen-bond acceptors (Lipinski definition) is 1. The maximum atomic E-state index is 10.8. The van der Waals surface area contributed by atoms with Crippen LogP contribution in [0.2, 0.25) is 0 Å². The minimum Gasteiger partial charge on any atom is -0.281 e. The van der Waals surface area contributed by atoms with Gasteiger partial charge in [-0.2, -0.15) is 0 Å². The van der Waals surface area contributed by atoms with E-state index in [1.165, 1.54) is 5.56 Å². The summed E-state index contributed by atoms with van der Waals surface area (Å²) in [5.74, 6) is 0.497. The van der Waals surface area contributed by atoms with Gasteiger partial charge in [-0.15, -0.1) is 0 Å². The number of carbonyl (C=O) groups excluding carboxylic acids is 1. The maximum absolute atomic E-state index is 10.8. The summed E-state index contributed by atoms with van der Waals surface area (Å²) in [6.45, 7) is 4.30. The monoisotopic (exact) mass is 288 g/mol. The molecule has 0 saturated heterocycles. The van der Waals surface area contributed by atoms with E-state index in [9.17, 15) is 4.79 Å². The largest absolute Gasteiger partial charge is 0.281 e. The topological polar surface area (TPSA) is 17.1 Å². The molecule has 0 amide bonds. The number of hydrogen-bond donors (Lipinski definition) is 0. The van der Waals surface area contributed by atoms with Crippen LogP contribution in [0.1, 0.15) is 42.1 Å². The fraction of sp³-hybridized carbons (Fsp3) is 0.417. The Morgan fingerprint density at radius 1 is 1.40 bits per heavy atom. The van der Waals surface area contributed by atoms with Gasteiger partial charge in [-0.1, -0.05) is 54.0 Å². The van der Waals surface area contributed by atoms with E-state index in [0.29, 0.717) is 12.3 Å². The number of alkyl halides is 1. The van der Waals surface area contributed by atoms with Crippen molar-refractivity contribution in [2.75, 3.05) is 0 Å². The van der Waals surface area contributed by atoms with Crippen molar-refractivity contribution in [2.45, 2.75) is 31.0 Å². The summed E-state index contributed by atoms with van der Waals surface area (Å²) in [4.78, 5) is 10.8. The highest BCUT2D eigenvalue weighted by atomic mass is 79.9. The van der Waals surface area contributed by atoms with Crippen LogP contribution in [0.15, 0.2) is 24.3 Å². The first kappa shape index (κ1) is 12.7. The van der Waals surface area contributed by atoms with Crippen molar-refractivity contribution < 1.29 is 4.79 Å². The Labute approximate surface area is 104 Å². The van der Waals surface area contributed by atoms with Gasteiger partial charge in [0.05, 0.1) is 0 Å². The lowest BCUT2D eigenvalue weighted by molar-refractivity contribution is -0.111. The van der Waals surface area contributed by atoms with E-state index in [-0.39, 0.29) is 10.1 Å². The predicted octanol–water partition coefficient (Wildman–Crippen LogP) is 4.40. The zero-order valence-corrected chi connectivity index (χ0v) is 11.2. The van der Waals surface area contributed by atoms with Crippen LogP contribution in [0.5, 0.6) is 0 Å². The van der Waals surface area contributed by atoms with E-state index in [0.717, 1.165) is 5.56 Å². The minimum absolute atomic E-state index is 0.0150. The third kappa shape index (κ3) is 3.96. The second kappa shape index (κ2) is 5.66. The third-order valence-corrected chi connectivity index (χ3v) is 3.29. The molecular weight excluding hydrogens is 275 g/mol. The molecule has 0 aliphatic carbocycles. The first-order valence-electron chi connectivity index (χ1n) is 4.93. The standard InChI is InChI=1S/C12H14BrClO/c1-8(2)9-4-3-5-10(6-9)11(13)7-12(14)15/h3-6,8,11H,7H2,1-2H3. The van der Waals surface area contributed by atoms with E-state index in [2.05, 4.69) is 41.9 Å². The molecule has 1 aromatic rings. The van der Waals surface area contributed by atoms with Gasteiger partial charge in [-0.05, 0) is 28.6 Å². The van der Waals surface area contributed by atoms with E-state index < -0.39 is 0 Å². The normalized spacial score (nSPS) is 12.9. The Morgan fingerprint density at radius 3 is 2.53 bits per heavy atom. The molecule has 1 aromatic carbocycles. The zero-order valence-electron chi connectivity index (χ0n) is 8.84. The van der Waals surface area contributed by atoms with Gasteiger partial charge in [0, 0.05) is 11.2 Å². The van der Waals surface area contributed by atoms with E-state index >= 15 is 0 Å². The van der Waals surface area contributed by atoms with Crippen molar-refractivity contribution in [3.63, 3.8) is 0 Å². The second-order valence-electron chi connectivity index (χ2n) is 3.85. The van der Waals surface area contributed by atoms with Gasteiger partial charge in [-0.3, -0.25) is 4.79 Å². The second-order valence-corrected chi connectivity index (χ2v) is 5.38. The molecule has 0 fully saturated rings. The maximum Gasteiger partial charge on any atom is 0.223 e. The van der Waals surface area contributed by atoms with Crippen molar-refractivity contribution in [2.24, 2.45) is 0 Å². The first-order valence-corrected chi connectivity index (χ1v) is 6.22. The summed E-state index contributed by atoms with van der Waals surface area (Å²) >= 11 is 8.82. The Kier molecular flexibility index (Phi) is 4.81. The van der Waals surface area contributed by atoms with Gasteiger partial charge >= 0.3 is 0 Å². The fourth-order valence-electron chi connectivity index (χ4n) is 1.37. The molecule has 0 bridgehead atoms. The highest BCUT2D eigenvalue weighted by molar-refractivity contribution is 9.09. The van der Waals surface area contributed by atoms with Gasteiger partial charge in [-0.25, -0.2) is 0 Å². The highest BCUT2D eigenvalue weighted by Crippen LogP contribution is 2.29. The summed E-state index contributed by atoms with van der Waals surface area (Å²) in [5, 5.41) is -0.313. The molecule has 1 unspecified atom stereocenters. The summed E-state index contributed by atoms with van der Waals surface area (Å²) < 4.78 is 0. The number of benzene rings is 1. The quantitative estimate of drug-likeness (QED) is 0.593. The SMILES string of the molecule is CC(C)c1cccc(C(Br)CC(=O)Cl)c1. The first-order chi connectivity index (χ1) is 7.00. The molecule has 15 heavy (non-hydrogen) atoms. The lowest BCUT2D eigenvalue weighted by Crippen LogP contribution is -1.97. The van der Waals surface area contributed by atoms with E-state index in [1.54, 1.807) is 0 Å². The molecule has 1 atom stereocenters. The number of halogens is 2. The van der Waals surface area contributed by atoms with Crippen LogP contribution >= 0.6 is 27.5 Å². The smallest absolute Gasteiger partial charge is 0.223 e. The number of rotatable bonds is 4. The minimum atomic E-state index is -0.313. The molecule has 0 N–H and O–H groups in total. The van der Waals surface area contributed by atoms with Crippen molar-refractivity contribution in [1.82, 2.24) is 0 Å². The summed E-state index contributed by atoms with van der Waals surface area (Å²) in [7, 11) is 0. The Bertz CT molecular complexity index is 349. The molecule has 0 aliphatic heterocycles. The van der Waals surface area contributed by atoms with Gasteiger partial charge < -0.3 is 0 Å². The van der Waals surface area contributed by atoms with Crippen molar-refractivity contribution in [3.8, 4) is 0 Å². The molecule has 82 valence electrons. The van der Waals surface area contributed by atoms with E-state index in [4.69, 9.17) is 11.6 Å². The average molecular weight is 290 g/mol. The molecule has 0 heterocycles. The van der Waals surface area contributed by atoms with E-state index in [1.807, 2.05) is 12.1 Å². The average Bonchev–Trinajstić information content (AvgIpc) is 2.17. The molecule has 1 rings (SSSR count). The van der Waals surface area contributed by atoms with Gasteiger partial charge in [0.1, 0.15) is 0 Å². The lowest BCUT2D eigenvalue weighted by atomic mass is 9.99. The van der Waals surface area contributed by atoms with Gasteiger partial charge in [0.2, 0.25) is 5.24 Å². The molecule has 0 spiro atoms. The molecular formula is C12H14BrClO. The molecule has 0 aliphatic rings. The highest BCUT2D eigenvalue weighted by Gasteiger charge is 2.12. The van der Waals surface area contributed by atoms with Crippen LogP contribution in [0.3, 0.4) is 0 Å². The van der Waals surface area contributed by atoms with Crippen LogP contribution in [-0.2, 0) is 4.79 Å². The van der Waals surface area contributed by atoms with Crippen LogP contribution in [0.4, 0.5) is 0 Å². The number of carbonyl (C=O) groups is 1. The van der Waals surface area contributed by atoms with Crippen LogP contribution in [0, 0.1) is 0 Å². The van der Waals surface area contributed by atoms with Crippen molar-refractivity contribution in [3.05, 3.63) is 35.4 Å². The molecule has 0 aromatic heterocycles. The fourth-order valence-corrected chi connectivity index (χ4v) is 2.29. The predicted molar refractivity (Wildman–Crippen MR) is 67.7 cm³/mol. The molecule has 3 heteroatoms. The third-order valence-electron chi connectivity index (χ3n) is 2.28. The molecule has 0 saturated carbocycles. The van der Waals surface area contributed by atoms with Crippen molar-refractivity contribution in [1.29, 1.82) is 0 Å². The van der Waals surface area contributed by atoms with Crippen molar-refractivity contribution >= 4 is 32.8 Å². The van der Waals surface area contributed by atoms with Crippen LogP contribution in [-0.4, -0.2) is 5.24 Å². The van der Waals surface area contributed by atoms with Crippen LogP contribution in [0.25, 0.3) is 0 Å². The Hall–Kier alpha value is -0.340. The Morgan fingerprint density at radius 2 is 2.00 bits per heavy atom. The summed E-state index contributed by atoms with van der Waals surface area (Å²) in [5.41, 5.74) is 2.38.